The van der Waals surface area contributed by atoms with Crippen LogP contribution in [0.1, 0.15) is 60.4 Å². The highest BCUT2D eigenvalue weighted by Gasteiger charge is 2.55. The summed E-state index contributed by atoms with van der Waals surface area (Å²) in [7, 11) is 1.96. The van der Waals surface area contributed by atoms with Gasteiger partial charge in [0, 0.05) is 18.5 Å². The Balaban J connectivity index is 1.77. The Morgan fingerprint density at radius 2 is 2.00 bits per heavy atom. The smallest absolute Gasteiger partial charge is 0.125 e. The van der Waals surface area contributed by atoms with Gasteiger partial charge in [-0.15, -0.1) is 0 Å². The number of anilines is 1. The van der Waals surface area contributed by atoms with Gasteiger partial charge in [0.05, 0.1) is 5.69 Å². The van der Waals surface area contributed by atoms with Gasteiger partial charge in [-0.05, 0) is 41.7 Å². The zero-order valence-electron chi connectivity index (χ0n) is 13.0. The van der Waals surface area contributed by atoms with Crippen molar-refractivity contribution in [2.24, 2.45) is 13.0 Å². The first-order valence-corrected chi connectivity index (χ1v) is 7.99. The van der Waals surface area contributed by atoms with Crippen LogP contribution in [0.5, 0.6) is 0 Å². The van der Waals surface area contributed by atoms with E-state index in [1.54, 1.807) is 5.56 Å². The van der Waals surface area contributed by atoms with Crippen LogP contribution in [0.3, 0.4) is 0 Å². The number of hydrogen-bond donors (Lipinski definition) is 1. The molecular formula is C18H23N3. The lowest BCUT2D eigenvalue weighted by Crippen LogP contribution is -2.00. The number of nitrogens with zero attached hydrogens (tertiary/aromatic N) is 2. The van der Waals surface area contributed by atoms with E-state index >= 15 is 0 Å². The molecule has 3 nitrogen and oxygen atoms in total. The van der Waals surface area contributed by atoms with Crippen molar-refractivity contribution in [2.75, 3.05) is 5.73 Å². The fraction of sp³-hybridized carbons (Fsp3) is 0.500. The van der Waals surface area contributed by atoms with Gasteiger partial charge in [0.15, 0.2) is 0 Å². The van der Waals surface area contributed by atoms with Crippen LogP contribution >= 0.6 is 0 Å². The van der Waals surface area contributed by atoms with E-state index in [0.717, 1.165) is 11.7 Å². The van der Waals surface area contributed by atoms with Gasteiger partial charge in [-0.3, -0.25) is 4.68 Å². The van der Waals surface area contributed by atoms with Gasteiger partial charge < -0.3 is 5.73 Å². The highest BCUT2D eigenvalue weighted by Crippen LogP contribution is 2.65. The molecule has 1 fully saturated rings. The Morgan fingerprint density at radius 1 is 1.24 bits per heavy atom. The molecule has 110 valence electrons. The molecule has 3 atom stereocenters. The van der Waals surface area contributed by atoms with Crippen LogP contribution in [0.15, 0.2) is 24.3 Å². The third kappa shape index (κ3) is 1.76. The molecule has 2 N–H and O–H groups in total. The van der Waals surface area contributed by atoms with Crippen LogP contribution in [-0.4, -0.2) is 9.78 Å². The van der Waals surface area contributed by atoms with E-state index in [9.17, 15) is 0 Å². The maximum Gasteiger partial charge on any atom is 0.125 e. The first kappa shape index (κ1) is 12.9. The van der Waals surface area contributed by atoms with E-state index < -0.39 is 0 Å². The minimum Gasteiger partial charge on any atom is -0.384 e. The molecule has 2 aromatic rings. The largest absolute Gasteiger partial charge is 0.384 e. The summed E-state index contributed by atoms with van der Waals surface area (Å²) in [6, 6.07) is 8.94. The van der Waals surface area contributed by atoms with Crippen LogP contribution in [-0.2, 0) is 13.5 Å². The van der Waals surface area contributed by atoms with Gasteiger partial charge in [0.25, 0.3) is 0 Å². The van der Waals surface area contributed by atoms with Crippen molar-refractivity contribution < 1.29 is 0 Å². The minimum atomic E-state index is 0.437. The standard InChI is InChI=1S/C18H23N3/c1-10(2)14-17(20-21(3)18(14)19)16-13-9-8-11-6-4-5-7-12(11)15(13)16/h4-7,10,13,15-16H,8-9,19H2,1-3H3. The Hall–Kier alpha value is -1.77. The average Bonchev–Trinajstić information content (AvgIpc) is 3.13. The molecule has 1 saturated carbocycles. The van der Waals surface area contributed by atoms with Crippen LogP contribution < -0.4 is 5.73 Å². The molecule has 2 aliphatic carbocycles. The summed E-state index contributed by atoms with van der Waals surface area (Å²) in [6.07, 6.45) is 2.51. The summed E-state index contributed by atoms with van der Waals surface area (Å²) in [5.41, 5.74) is 11.9. The van der Waals surface area contributed by atoms with Gasteiger partial charge in [0.1, 0.15) is 5.82 Å². The Morgan fingerprint density at radius 3 is 2.76 bits per heavy atom. The second kappa shape index (κ2) is 4.36. The van der Waals surface area contributed by atoms with Crippen molar-refractivity contribution in [1.82, 2.24) is 9.78 Å². The third-order valence-electron chi connectivity index (χ3n) is 5.38. The fourth-order valence-electron chi connectivity index (χ4n) is 4.35. The maximum atomic E-state index is 6.25. The Bertz CT molecular complexity index is 698. The Kier molecular flexibility index (Phi) is 2.69. The van der Waals surface area contributed by atoms with Crippen molar-refractivity contribution in [2.45, 2.75) is 44.4 Å². The molecule has 3 unspecified atom stereocenters. The highest BCUT2D eigenvalue weighted by atomic mass is 15.3. The second-order valence-electron chi connectivity index (χ2n) is 6.92. The van der Waals surface area contributed by atoms with Crippen LogP contribution in [0.2, 0.25) is 0 Å². The third-order valence-corrected chi connectivity index (χ3v) is 5.38. The zero-order valence-corrected chi connectivity index (χ0v) is 13.0. The summed E-state index contributed by atoms with van der Waals surface area (Å²) < 4.78 is 1.86. The quantitative estimate of drug-likeness (QED) is 0.914. The molecule has 0 radical (unpaired) electrons. The summed E-state index contributed by atoms with van der Waals surface area (Å²) in [5, 5.41) is 4.78. The van der Waals surface area contributed by atoms with Crippen LogP contribution in [0, 0.1) is 5.92 Å². The van der Waals surface area contributed by atoms with Gasteiger partial charge >= 0.3 is 0 Å². The number of hydrogen-bond acceptors (Lipinski definition) is 2. The average molecular weight is 281 g/mol. The predicted octanol–water partition coefficient (Wildman–Crippen LogP) is 3.57. The molecule has 0 amide bonds. The van der Waals surface area contributed by atoms with E-state index in [0.29, 0.717) is 17.8 Å². The number of nitrogens with two attached hydrogens (primary N) is 1. The van der Waals surface area contributed by atoms with E-state index in [-0.39, 0.29) is 0 Å². The molecule has 1 heterocycles. The Labute approximate surface area is 126 Å². The maximum absolute atomic E-state index is 6.25. The zero-order chi connectivity index (χ0) is 14.7. The molecule has 0 aliphatic heterocycles. The fourth-order valence-corrected chi connectivity index (χ4v) is 4.35. The topological polar surface area (TPSA) is 43.8 Å². The number of rotatable bonds is 2. The normalized spacial score (nSPS) is 26.6. The molecule has 3 heteroatoms. The number of fused-ring (bicyclic) bond motifs is 3. The van der Waals surface area contributed by atoms with Gasteiger partial charge in [0.2, 0.25) is 0 Å². The van der Waals surface area contributed by atoms with Gasteiger partial charge in [-0.2, -0.15) is 5.10 Å². The predicted molar refractivity (Wildman–Crippen MR) is 85.4 cm³/mol. The summed E-state index contributed by atoms with van der Waals surface area (Å²) in [4.78, 5) is 0. The first-order valence-electron chi connectivity index (χ1n) is 7.99. The summed E-state index contributed by atoms with van der Waals surface area (Å²) in [5.74, 6) is 3.30. The molecule has 1 aromatic heterocycles. The lowest BCUT2D eigenvalue weighted by atomic mass is 9.92. The van der Waals surface area contributed by atoms with Gasteiger partial charge in [-0.1, -0.05) is 38.1 Å². The molecule has 0 spiro atoms. The molecular weight excluding hydrogens is 258 g/mol. The van der Waals surface area contributed by atoms with Crippen molar-refractivity contribution in [3.8, 4) is 0 Å². The number of benzene rings is 1. The van der Waals surface area contributed by atoms with E-state index in [4.69, 9.17) is 10.8 Å². The van der Waals surface area contributed by atoms with E-state index in [1.807, 2.05) is 11.7 Å². The highest BCUT2D eigenvalue weighted by molar-refractivity contribution is 5.52. The monoisotopic (exact) mass is 281 g/mol. The molecule has 0 bridgehead atoms. The lowest BCUT2D eigenvalue weighted by molar-refractivity contribution is 0.652. The number of nitrogen functional groups attached to an aromatic ring is 1. The minimum absolute atomic E-state index is 0.437. The molecule has 21 heavy (non-hydrogen) atoms. The van der Waals surface area contributed by atoms with E-state index in [1.165, 1.54) is 29.7 Å². The first-order chi connectivity index (χ1) is 10.1. The lowest BCUT2D eigenvalue weighted by Gasteiger charge is -2.13. The van der Waals surface area contributed by atoms with Crippen LogP contribution in [0.4, 0.5) is 5.82 Å². The van der Waals surface area contributed by atoms with E-state index in [2.05, 4.69) is 38.1 Å². The molecule has 0 saturated heterocycles. The molecule has 4 rings (SSSR count). The molecule has 1 aromatic carbocycles. The van der Waals surface area contributed by atoms with Crippen molar-refractivity contribution in [3.05, 3.63) is 46.6 Å². The number of aromatic nitrogens is 2. The number of aryl methyl sites for hydroxylation is 2. The van der Waals surface area contributed by atoms with Crippen molar-refractivity contribution in [3.63, 3.8) is 0 Å². The van der Waals surface area contributed by atoms with Crippen molar-refractivity contribution in [1.29, 1.82) is 0 Å². The second-order valence-corrected chi connectivity index (χ2v) is 6.92. The summed E-state index contributed by atoms with van der Waals surface area (Å²) in [6.45, 7) is 4.44. The van der Waals surface area contributed by atoms with Crippen molar-refractivity contribution >= 4 is 5.82 Å². The SMILES string of the molecule is CC(C)c1c(C2C3CCc4ccccc4C32)nn(C)c1N. The van der Waals surface area contributed by atoms with Gasteiger partial charge in [-0.25, -0.2) is 0 Å². The van der Waals surface area contributed by atoms with Crippen LogP contribution in [0.25, 0.3) is 0 Å². The molecule has 2 aliphatic rings. The summed E-state index contributed by atoms with van der Waals surface area (Å²) >= 11 is 0.